The number of carbonyl (C=O) groups excluding carboxylic acids is 1. The molecule has 192 valence electrons. The summed E-state index contributed by atoms with van der Waals surface area (Å²) in [4.78, 5) is 11.6. The lowest BCUT2D eigenvalue weighted by Crippen LogP contribution is -2.55. The molecule has 0 atom stereocenters. The van der Waals surface area contributed by atoms with Crippen LogP contribution in [0, 0.1) is 0 Å². The highest BCUT2D eigenvalue weighted by Gasteiger charge is 2.46. The van der Waals surface area contributed by atoms with Crippen molar-refractivity contribution in [3.8, 4) is 0 Å². The van der Waals surface area contributed by atoms with Gasteiger partial charge >= 0.3 is 11.0 Å². The first-order valence-corrected chi connectivity index (χ1v) is 12.3. The van der Waals surface area contributed by atoms with Crippen LogP contribution in [0.2, 0.25) is 0 Å². The molecule has 0 aliphatic rings. The molecule has 0 aliphatic carbocycles. The zero-order chi connectivity index (χ0) is 26.0. The van der Waals surface area contributed by atoms with Gasteiger partial charge in [-0.1, -0.05) is 27.4 Å². The number of alkyl halides is 6. The largest absolute Gasteiger partial charge is 0.480 e. The molecule has 0 aromatic heterocycles. The second kappa shape index (κ2) is 12.7. The Morgan fingerprint density at radius 2 is 1.16 bits per heavy atom. The van der Waals surface area contributed by atoms with Crippen LogP contribution in [0.25, 0.3) is 4.13 Å². The predicted molar refractivity (Wildman–Crippen MR) is 107 cm³/mol. The fraction of sp³-hybridized carbons (Fsp3) is 0.812. The maximum atomic E-state index is 11.6. The molecule has 1 amide bonds. The molecule has 0 fully saturated rings. The summed E-state index contributed by atoms with van der Waals surface area (Å²) < 4.78 is 110. The zero-order valence-electron chi connectivity index (χ0n) is 18.2. The zero-order valence-corrected chi connectivity index (χ0v) is 19.8. The Labute approximate surface area is 184 Å². The van der Waals surface area contributed by atoms with Crippen LogP contribution in [0.3, 0.4) is 0 Å². The maximum absolute atomic E-state index is 11.6. The smallest absolute Gasteiger partial charge is 0.421 e. The molecule has 0 rings (SSSR count). The van der Waals surface area contributed by atoms with Crippen LogP contribution in [0.4, 0.5) is 26.3 Å². The molecule has 0 aromatic rings. The van der Waals surface area contributed by atoms with Crippen molar-refractivity contribution in [2.75, 3.05) is 26.3 Å². The summed E-state index contributed by atoms with van der Waals surface area (Å²) in [6.07, 6.45) is 3.47. The van der Waals surface area contributed by atoms with Crippen LogP contribution in [0.1, 0.15) is 47.0 Å². The molecule has 8 nitrogen and oxygen atoms in total. The van der Waals surface area contributed by atoms with Gasteiger partial charge in [-0.15, -0.1) is 0 Å². The summed E-state index contributed by atoms with van der Waals surface area (Å²) in [6.45, 7) is 16.2. The van der Waals surface area contributed by atoms with Crippen LogP contribution >= 0.6 is 0 Å². The van der Waals surface area contributed by atoms with Gasteiger partial charge in [-0.3, -0.25) is 4.79 Å². The second-order valence-electron chi connectivity index (χ2n) is 6.87. The number of rotatable bonds is 11. The molecule has 0 heterocycles. The summed E-state index contributed by atoms with van der Waals surface area (Å²) in [5.74, 6) is -0.0178. The first kappa shape index (κ1) is 32.8. The number of nitrogens with one attached hydrogen (secondary N) is 1. The Hall–Kier alpha value is -1.39. The molecule has 0 radical (unpaired) electrons. The molecule has 32 heavy (non-hydrogen) atoms. The minimum Gasteiger partial charge on any atom is -0.421 e. The van der Waals surface area contributed by atoms with Gasteiger partial charge in [0.1, 0.15) is 0 Å². The highest BCUT2D eigenvalue weighted by Crippen LogP contribution is 2.36. The minimum absolute atomic E-state index is 0.0178. The highest BCUT2D eigenvalue weighted by atomic mass is 32.3. The van der Waals surface area contributed by atoms with Crippen LogP contribution in [0.15, 0.2) is 12.2 Å². The first-order chi connectivity index (χ1) is 14.2. The summed E-state index contributed by atoms with van der Waals surface area (Å²) in [6, 6.07) is 0. The van der Waals surface area contributed by atoms with E-state index >= 15 is 0 Å². The third-order valence-corrected chi connectivity index (χ3v) is 6.58. The molecule has 0 spiro atoms. The van der Waals surface area contributed by atoms with E-state index in [1.807, 2.05) is 0 Å². The van der Waals surface area contributed by atoms with E-state index < -0.39 is 31.1 Å². The number of carbonyl (C=O) groups is 1. The van der Waals surface area contributed by atoms with Crippen molar-refractivity contribution in [2.45, 2.75) is 58.0 Å². The van der Waals surface area contributed by atoms with Crippen molar-refractivity contribution in [2.24, 2.45) is 0 Å². The summed E-state index contributed by atoms with van der Waals surface area (Å²) >= 11 is 0. The first-order valence-electron chi connectivity index (χ1n) is 9.37. The SMILES string of the molecule is C=C(C)C(=O)NC[N+](CCC)(CCC)CCC.O=S(=O)([N-]S(=O)(=O)C(F)(F)F)C(F)(F)F. The molecular formula is C16H29F6N3O5S2. The number of halogens is 6. The Kier molecular flexibility index (Phi) is 13.1. The monoisotopic (exact) mass is 521 g/mol. The lowest BCUT2D eigenvalue weighted by atomic mass is 10.2. The topological polar surface area (TPSA) is 111 Å². The second-order valence-corrected chi connectivity index (χ2v) is 10.3. The highest BCUT2D eigenvalue weighted by molar-refractivity contribution is 8.13. The van der Waals surface area contributed by atoms with Crippen LogP contribution in [-0.2, 0) is 24.8 Å². The molecule has 0 unspecified atom stereocenters. The Bertz CT molecular complexity index is 765. The molecular weight excluding hydrogens is 492 g/mol. The number of hydrogen-bond acceptors (Lipinski definition) is 5. The average Bonchev–Trinajstić information content (AvgIpc) is 2.58. The fourth-order valence-electron chi connectivity index (χ4n) is 2.60. The molecule has 0 saturated heterocycles. The van der Waals surface area contributed by atoms with E-state index in [0.717, 1.165) is 54.2 Å². The van der Waals surface area contributed by atoms with Gasteiger partial charge in [0.2, 0.25) is 0 Å². The quantitative estimate of drug-likeness (QED) is 0.193. The number of hydrogen-bond donors (Lipinski definition) is 1. The Balaban J connectivity index is 0. The molecule has 16 heteroatoms. The average molecular weight is 522 g/mol. The van der Waals surface area contributed by atoms with E-state index in [1.54, 1.807) is 6.92 Å². The van der Waals surface area contributed by atoms with Gasteiger partial charge in [-0.2, -0.15) is 26.3 Å². The third-order valence-electron chi connectivity index (χ3n) is 3.84. The Morgan fingerprint density at radius 1 is 0.844 bits per heavy atom. The van der Waals surface area contributed by atoms with Crippen LogP contribution < -0.4 is 5.32 Å². The van der Waals surface area contributed by atoms with Gasteiger partial charge in [0.15, 0.2) is 26.7 Å². The Morgan fingerprint density at radius 3 is 1.38 bits per heavy atom. The van der Waals surface area contributed by atoms with E-state index in [9.17, 15) is 48.0 Å². The minimum atomic E-state index is -6.72. The van der Waals surface area contributed by atoms with Gasteiger partial charge in [0, 0.05) is 5.57 Å². The van der Waals surface area contributed by atoms with Gasteiger partial charge in [-0.25, -0.2) is 16.8 Å². The normalized spacial score (nSPS) is 13.2. The predicted octanol–water partition coefficient (Wildman–Crippen LogP) is 3.74. The van der Waals surface area contributed by atoms with Gasteiger partial charge in [0.05, 0.1) is 19.6 Å². The van der Waals surface area contributed by atoms with Crippen molar-refractivity contribution < 1.29 is 52.5 Å². The van der Waals surface area contributed by atoms with E-state index in [4.69, 9.17) is 0 Å². The van der Waals surface area contributed by atoms with E-state index in [2.05, 4.69) is 32.7 Å². The molecule has 0 bridgehead atoms. The van der Waals surface area contributed by atoms with Crippen molar-refractivity contribution in [3.63, 3.8) is 0 Å². The molecule has 1 N–H and O–H groups in total. The number of amides is 1. The van der Waals surface area contributed by atoms with Crippen LogP contribution in [-0.4, -0.2) is 64.5 Å². The lowest BCUT2D eigenvalue weighted by Gasteiger charge is -2.38. The molecule has 0 saturated carbocycles. The number of nitrogens with zero attached hydrogens (tertiary/aromatic N) is 2. The number of quaternary nitrogens is 1. The van der Waals surface area contributed by atoms with Crippen molar-refractivity contribution >= 4 is 26.0 Å². The summed E-state index contributed by atoms with van der Waals surface area (Å²) in [7, 11) is -13.4. The van der Waals surface area contributed by atoms with Crippen molar-refractivity contribution in [3.05, 3.63) is 16.3 Å². The van der Waals surface area contributed by atoms with Crippen LogP contribution in [0.5, 0.6) is 0 Å². The van der Waals surface area contributed by atoms with Crippen molar-refractivity contribution in [1.29, 1.82) is 0 Å². The fourth-order valence-corrected chi connectivity index (χ4v) is 4.31. The lowest BCUT2D eigenvalue weighted by molar-refractivity contribution is -0.930. The van der Waals surface area contributed by atoms with Crippen molar-refractivity contribution in [1.82, 2.24) is 5.32 Å². The molecule has 0 aromatic carbocycles. The standard InChI is InChI=1S/C14H28N2O.C2F6NO4S2/c1-6-9-16(10-7-2,11-8-3)12-15-14(17)13(4)5;3-1(4,5)14(10,11)9-15(12,13)2(6,7)8/h4,6-12H2,1-3,5H3;/q;-1/p+1. The molecule has 0 aliphatic heterocycles. The number of sulfonamides is 2. The van der Waals surface area contributed by atoms with E-state index in [0.29, 0.717) is 5.57 Å². The van der Waals surface area contributed by atoms with Gasteiger partial charge < -0.3 is 13.9 Å². The van der Waals surface area contributed by atoms with Gasteiger partial charge in [0.25, 0.3) is 5.91 Å². The summed E-state index contributed by atoms with van der Waals surface area (Å²) in [5.41, 5.74) is -11.8. The third kappa shape index (κ3) is 11.0. The maximum Gasteiger partial charge on any atom is 0.480 e. The van der Waals surface area contributed by atoms with E-state index in [-0.39, 0.29) is 5.91 Å². The van der Waals surface area contributed by atoms with E-state index in [1.165, 1.54) is 0 Å². The summed E-state index contributed by atoms with van der Waals surface area (Å²) in [5, 5.41) is 3.01. The van der Waals surface area contributed by atoms with Gasteiger partial charge in [-0.05, 0) is 26.2 Å².